The molecule has 114 valence electrons. The monoisotopic (exact) mass is 299 g/mol. The molecule has 0 saturated heterocycles. The van der Waals surface area contributed by atoms with Crippen LogP contribution in [-0.2, 0) is 6.54 Å². The van der Waals surface area contributed by atoms with Crippen LogP contribution in [0, 0.1) is 5.92 Å². The van der Waals surface area contributed by atoms with Crippen molar-refractivity contribution in [1.82, 2.24) is 5.32 Å². The van der Waals surface area contributed by atoms with Crippen LogP contribution < -0.4 is 14.8 Å². The van der Waals surface area contributed by atoms with Crippen LogP contribution in [0.5, 0.6) is 11.5 Å². The summed E-state index contributed by atoms with van der Waals surface area (Å²) in [6, 6.07) is 3.92. The average Bonchev–Trinajstić information content (AvgIpc) is 2.40. The maximum Gasteiger partial charge on any atom is 0.180 e. The zero-order valence-electron chi connectivity index (χ0n) is 13.1. The predicted molar refractivity (Wildman–Crippen MR) is 84.9 cm³/mol. The van der Waals surface area contributed by atoms with E-state index >= 15 is 0 Å². The summed E-state index contributed by atoms with van der Waals surface area (Å²) in [5, 5.41) is 4.00. The predicted octanol–water partition coefficient (Wildman–Crippen LogP) is 4.27. The van der Waals surface area contributed by atoms with E-state index in [9.17, 15) is 0 Å². The molecule has 1 rings (SSSR count). The molecule has 1 N–H and O–H groups in total. The van der Waals surface area contributed by atoms with Gasteiger partial charge in [0.1, 0.15) is 0 Å². The fourth-order valence-electron chi connectivity index (χ4n) is 1.78. The Morgan fingerprint density at radius 1 is 1.25 bits per heavy atom. The second kappa shape index (κ2) is 8.38. The lowest BCUT2D eigenvalue weighted by Gasteiger charge is -2.18. The van der Waals surface area contributed by atoms with Crippen LogP contribution >= 0.6 is 11.6 Å². The van der Waals surface area contributed by atoms with Gasteiger partial charge < -0.3 is 14.8 Å². The number of methoxy groups -OCH3 is 1. The molecular weight excluding hydrogens is 274 g/mol. The summed E-state index contributed by atoms with van der Waals surface area (Å²) in [5.74, 6) is 1.95. The first-order valence-corrected chi connectivity index (χ1v) is 7.59. The third-order valence-electron chi connectivity index (χ3n) is 3.06. The lowest BCUT2D eigenvalue weighted by molar-refractivity contribution is 0.207. The molecular formula is C16H26ClNO2. The van der Waals surface area contributed by atoms with Gasteiger partial charge in [0, 0.05) is 6.54 Å². The molecule has 3 nitrogen and oxygen atoms in total. The fraction of sp³-hybridized carbons (Fsp3) is 0.625. The Balaban J connectivity index is 2.83. The number of nitrogens with one attached hydrogen (secondary N) is 1. The van der Waals surface area contributed by atoms with Crippen LogP contribution in [0.1, 0.15) is 39.7 Å². The fourth-order valence-corrected chi connectivity index (χ4v) is 2.06. The Labute approximate surface area is 127 Å². The van der Waals surface area contributed by atoms with Gasteiger partial charge >= 0.3 is 0 Å². The van der Waals surface area contributed by atoms with Gasteiger partial charge in [-0.1, -0.05) is 32.4 Å². The van der Waals surface area contributed by atoms with Gasteiger partial charge in [-0.05, 0) is 43.5 Å². The molecule has 1 atom stereocenters. The smallest absolute Gasteiger partial charge is 0.180 e. The first-order chi connectivity index (χ1) is 9.47. The maximum absolute atomic E-state index is 6.32. The molecule has 20 heavy (non-hydrogen) atoms. The Bertz CT molecular complexity index is 421. The van der Waals surface area contributed by atoms with Crippen molar-refractivity contribution in [2.75, 3.05) is 13.7 Å². The quantitative estimate of drug-likeness (QED) is 0.777. The highest BCUT2D eigenvalue weighted by Crippen LogP contribution is 2.37. The molecule has 0 radical (unpaired) electrons. The standard InChI is InChI=1S/C16H26ClNO2/c1-6-12(4)20-16-14(17)7-13(8-15(16)19-5)10-18-9-11(2)3/h7-8,11-12,18H,6,9-10H2,1-5H3. The Morgan fingerprint density at radius 2 is 1.95 bits per heavy atom. The van der Waals surface area contributed by atoms with Gasteiger partial charge in [-0.2, -0.15) is 0 Å². The van der Waals surface area contributed by atoms with E-state index in [1.54, 1.807) is 7.11 Å². The van der Waals surface area contributed by atoms with E-state index < -0.39 is 0 Å². The topological polar surface area (TPSA) is 30.5 Å². The van der Waals surface area contributed by atoms with Crippen LogP contribution in [0.3, 0.4) is 0 Å². The van der Waals surface area contributed by atoms with E-state index in [1.807, 2.05) is 19.1 Å². The summed E-state index contributed by atoms with van der Waals surface area (Å²) >= 11 is 6.32. The minimum Gasteiger partial charge on any atom is -0.493 e. The van der Waals surface area contributed by atoms with Crippen molar-refractivity contribution in [2.24, 2.45) is 5.92 Å². The van der Waals surface area contributed by atoms with Gasteiger partial charge in [0.15, 0.2) is 11.5 Å². The summed E-state index contributed by atoms with van der Waals surface area (Å²) in [6.45, 7) is 10.2. The molecule has 0 heterocycles. The van der Waals surface area contributed by atoms with Crippen molar-refractivity contribution < 1.29 is 9.47 Å². The molecule has 0 amide bonds. The number of halogens is 1. The van der Waals surface area contributed by atoms with Crippen molar-refractivity contribution in [1.29, 1.82) is 0 Å². The summed E-state index contributed by atoms with van der Waals surface area (Å²) in [5.41, 5.74) is 1.10. The normalized spacial score (nSPS) is 12.6. The molecule has 1 aromatic rings. The number of benzene rings is 1. The van der Waals surface area contributed by atoms with Gasteiger partial charge in [0.05, 0.1) is 18.2 Å². The van der Waals surface area contributed by atoms with Crippen molar-refractivity contribution in [3.8, 4) is 11.5 Å². The molecule has 1 unspecified atom stereocenters. The highest BCUT2D eigenvalue weighted by Gasteiger charge is 2.14. The lowest BCUT2D eigenvalue weighted by Crippen LogP contribution is -2.19. The van der Waals surface area contributed by atoms with Gasteiger partial charge in [0.2, 0.25) is 0 Å². The minimum absolute atomic E-state index is 0.117. The van der Waals surface area contributed by atoms with E-state index in [2.05, 4.69) is 26.1 Å². The van der Waals surface area contributed by atoms with E-state index in [1.165, 1.54) is 0 Å². The molecule has 0 spiro atoms. The lowest BCUT2D eigenvalue weighted by atomic mass is 10.1. The van der Waals surface area contributed by atoms with Crippen LogP contribution in [0.4, 0.5) is 0 Å². The third kappa shape index (κ3) is 5.22. The van der Waals surface area contributed by atoms with Gasteiger partial charge in [-0.15, -0.1) is 0 Å². The second-order valence-electron chi connectivity index (χ2n) is 5.47. The van der Waals surface area contributed by atoms with Crippen LogP contribution in [0.25, 0.3) is 0 Å². The largest absolute Gasteiger partial charge is 0.493 e. The highest BCUT2D eigenvalue weighted by molar-refractivity contribution is 6.32. The summed E-state index contributed by atoms with van der Waals surface area (Å²) in [7, 11) is 1.64. The molecule has 0 saturated carbocycles. The average molecular weight is 300 g/mol. The van der Waals surface area contributed by atoms with Crippen LogP contribution in [-0.4, -0.2) is 19.8 Å². The van der Waals surface area contributed by atoms with E-state index in [0.29, 0.717) is 22.4 Å². The molecule has 0 aliphatic heterocycles. The number of ether oxygens (including phenoxy) is 2. The van der Waals surface area contributed by atoms with Crippen molar-refractivity contribution >= 4 is 11.6 Å². The van der Waals surface area contributed by atoms with Crippen molar-refractivity contribution in [3.05, 3.63) is 22.7 Å². The first kappa shape index (κ1) is 17.1. The molecule has 1 aromatic carbocycles. The summed E-state index contributed by atoms with van der Waals surface area (Å²) in [4.78, 5) is 0. The molecule has 0 aliphatic rings. The Kier molecular flexibility index (Phi) is 7.17. The highest BCUT2D eigenvalue weighted by atomic mass is 35.5. The zero-order chi connectivity index (χ0) is 15.1. The molecule has 4 heteroatoms. The van der Waals surface area contributed by atoms with E-state index in [4.69, 9.17) is 21.1 Å². The summed E-state index contributed by atoms with van der Waals surface area (Å²) in [6.07, 6.45) is 1.04. The van der Waals surface area contributed by atoms with E-state index in [0.717, 1.165) is 25.1 Å². The number of hydrogen-bond donors (Lipinski definition) is 1. The van der Waals surface area contributed by atoms with Crippen LogP contribution in [0.15, 0.2) is 12.1 Å². The van der Waals surface area contributed by atoms with Gasteiger partial charge in [-0.3, -0.25) is 0 Å². The number of hydrogen-bond acceptors (Lipinski definition) is 3. The van der Waals surface area contributed by atoms with Gasteiger partial charge in [-0.25, -0.2) is 0 Å². The molecule has 0 fully saturated rings. The second-order valence-corrected chi connectivity index (χ2v) is 5.88. The van der Waals surface area contributed by atoms with Gasteiger partial charge in [0.25, 0.3) is 0 Å². The first-order valence-electron chi connectivity index (χ1n) is 7.21. The Morgan fingerprint density at radius 3 is 2.50 bits per heavy atom. The molecule has 0 bridgehead atoms. The number of rotatable bonds is 8. The van der Waals surface area contributed by atoms with E-state index in [-0.39, 0.29) is 6.10 Å². The molecule has 0 aromatic heterocycles. The SMILES string of the molecule is CCC(C)Oc1c(Cl)cc(CNCC(C)C)cc1OC. The minimum atomic E-state index is 0.117. The van der Waals surface area contributed by atoms with Crippen molar-refractivity contribution in [2.45, 2.75) is 46.8 Å². The summed E-state index contributed by atoms with van der Waals surface area (Å²) < 4.78 is 11.2. The van der Waals surface area contributed by atoms with Crippen molar-refractivity contribution in [3.63, 3.8) is 0 Å². The molecule has 0 aliphatic carbocycles. The third-order valence-corrected chi connectivity index (χ3v) is 3.35. The zero-order valence-corrected chi connectivity index (χ0v) is 13.9. The van der Waals surface area contributed by atoms with Crippen LogP contribution in [0.2, 0.25) is 5.02 Å². The maximum atomic E-state index is 6.32. The Hall–Kier alpha value is -0.930.